The maximum atomic E-state index is 13.1. The van der Waals surface area contributed by atoms with Crippen LogP contribution in [-0.4, -0.2) is 101 Å². The fourth-order valence-electron chi connectivity index (χ4n) is 5.92. The van der Waals surface area contributed by atoms with E-state index in [0.717, 1.165) is 11.9 Å². The Morgan fingerprint density at radius 3 is 2.32 bits per heavy atom. The normalized spacial score (nSPS) is 40.2. The van der Waals surface area contributed by atoms with Gasteiger partial charge in [0, 0.05) is 24.2 Å². The molecule has 10 heteroatoms. The summed E-state index contributed by atoms with van der Waals surface area (Å²) in [7, 11) is 3.46. The number of ether oxygens (including phenoxy) is 3. The number of hydrogen-bond donors (Lipinski definition) is 3. The summed E-state index contributed by atoms with van der Waals surface area (Å²) in [5.41, 5.74) is 0.856. The van der Waals surface area contributed by atoms with E-state index in [0.29, 0.717) is 6.42 Å². The van der Waals surface area contributed by atoms with Crippen molar-refractivity contribution in [3.05, 3.63) is 23.8 Å². The highest BCUT2D eigenvalue weighted by molar-refractivity contribution is 5.91. The van der Waals surface area contributed by atoms with Crippen molar-refractivity contribution in [1.82, 2.24) is 4.90 Å². The third-order valence-corrected chi connectivity index (χ3v) is 8.51. The van der Waals surface area contributed by atoms with E-state index >= 15 is 0 Å². The van der Waals surface area contributed by atoms with Crippen LogP contribution in [0.1, 0.15) is 67.2 Å². The van der Waals surface area contributed by atoms with Crippen molar-refractivity contribution in [2.75, 3.05) is 14.1 Å². The Labute approximate surface area is 244 Å². The lowest BCUT2D eigenvalue weighted by atomic mass is 9.79. The molecule has 0 aromatic rings. The van der Waals surface area contributed by atoms with Crippen molar-refractivity contribution in [2.24, 2.45) is 23.7 Å². The summed E-state index contributed by atoms with van der Waals surface area (Å²) < 4.78 is 18.0. The second-order valence-corrected chi connectivity index (χ2v) is 12.1. The predicted molar refractivity (Wildman–Crippen MR) is 154 cm³/mol. The van der Waals surface area contributed by atoms with Crippen LogP contribution in [-0.2, 0) is 28.6 Å². The second-order valence-electron chi connectivity index (χ2n) is 12.1. The molecular weight excluding hydrogens is 530 g/mol. The Morgan fingerprint density at radius 2 is 1.73 bits per heavy atom. The fraction of sp³-hybridized carbons (Fsp3) is 0.774. The van der Waals surface area contributed by atoms with Crippen molar-refractivity contribution in [1.29, 1.82) is 0 Å². The average Bonchev–Trinajstić information content (AvgIpc) is 2.90. The number of nitrogens with zero attached hydrogens (tertiary/aromatic N) is 1. The predicted octanol–water partition coefficient (Wildman–Crippen LogP) is 2.43. The first-order valence-corrected chi connectivity index (χ1v) is 14.8. The van der Waals surface area contributed by atoms with Gasteiger partial charge < -0.3 is 39.2 Å². The number of aldehydes is 1. The highest BCUT2D eigenvalue weighted by Crippen LogP contribution is 2.34. The maximum Gasteiger partial charge on any atom is 0.308 e. The number of esters is 1. The van der Waals surface area contributed by atoms with E-state index in [4.69, 9.17) is 14.2 Å². The zero-order chi connectivity index (χ0) is 31.0. The van der Waals surface area contributed by atoms with Gasteiger partial charge in [-0.25, -0.2) is 0 Å². The number of hydrogen-bond acceptors (Lipinski definition) is 10. The minimum absolute atomic E-state index is 0.0277. The fourth-order valence-corrected chi connectivity index (χ4v) is 5.92. The molecule has 2 aliphatic heterocycles. The van der Waals surface area contributed by atoms with E-state index in [-0.39, 0.29) is 31.0 Å². The molecule has 0 aromatic carbocycles. The number of likely N-dealkylation sites (N-methyl/N-ethyl adjacent to an activating group) is 1. The van der Waals surface area contributed by atoms with Crippen LogP contribution >= 0.6 is 0 Å². The number of aliphatic hydroxyl groups is 3. The highest BCUT2D eigenvalue weighted by Gasteiger charge is 2.47. The van der Waals surface area contributed by atoms with Crippen LogP contribution in [0.25, 0.3) is 0 Å². The van der Waals surface area contributed by atoms with Crippen LogP contribution in [0.15, 0.2) is 23.8 Å². The molecule has 0 amide bonds. The summed E-state index contributed by atoms with van der Waals surface area (Å²) in [6.45, 7) is 10.9. The van der Waals surface area contributed by atoms with Crippen molar-refractivity contribution >= 4 is 18.0 Å². The molecule has 0 aliphatic carbocycles. The van der Waals surface area contributed by atoms with Crippen molar-refractivity contribution < 1.29 is 43.9 Å². The standard InChI is InChI=1S/C31H51NO9/c1-9-25-19(4)14-17(2)10-11-23(34)18(3)15-22(12-13-33)30(20(5)24(35)16-26(36)40-25)41-31-29(38)27(32(7)8)28(37)21(6)39-31/h10-11,13-14,18-22,24-25,27-31,35,37-38H,9,12,15-16H2,1-8H3/t18-,19+,20+,21-,22+,24-,25-,27+,28-,29-,30-,31+/m1/s1. The van der Waals surface area contributed by atoms with Crippen LogP contribution in [0.2, 0.25) is 0 Å². The van der Waals surface area contributed by atoms with Gasteiger partial charge in [0.1, 0.15) is 18.5 Å². The van der Waals surface area contributed by atoms with Gasteiger partial charge in [-0.15, -0.1) is 0 Å². The van der Waals surface area contributed by atoms with E-state index in [1.54, 1.807) is 45.8 Å². The number of carbonyl (C=O) groups excluding carboxylic acids is 3. The quantitative estimate of drug-likeness (QED) is 0.316. The van der Waals surface area contributed by atoms with Crippen LogP contribution in [0, 0.1) is 23.7 Å². The molecular formula is C31H51NO9. The Morgan fingerprint density at radius 1 is 1.07 bits per heavy atom. The van der Waals surface area contributed by atoms with Gasteiger partial charge in [-0.3, -0.25) is 9.59 Å². The third-order valence-electron chi connectivity index (χ3n) is 8.51. The third kappa shape index (κ3) is 9.53. The Bertz CT molecular complexity index is 935. The molecule has 0 aromatic heterocycles. The monoisotopic (exact) mass is 581 g/mol. The molecule has 1 saturated heterocycles. The number of ketones is 1. The Balaban J connectivity index is 2.50. The summed E-state index contributed by atoms with van der Waals surface area (Å²) in [4.78, 5) is 39.5. The zero-order valence-corrected chi connectivity index (χ0v) is 25.8. The number of rotatable bonds is 6. The minimum atomic E-state index is -1.24. The van der Waals surface area contributed by atoms with E-state index in [1.807, 2.05) is 26.8 Å². The van der Waals surface area contributed by atoms with Gasteiger partial charge >= 0.3 is 5.97 Å². The molecule has 0 radical (unpaired) electrons. The lowest BCUT2D eigenvalue weighted by molar-refractivity contribution is -0.304. The van der Waals surface area contributed by atoms with E-state index < -0.39 is 72.7 Å². The number of cyclic esters (lactones) is 1. The Hall–Kier alpha value is -1.95. The van der Waals surface area contributed by atoms with Crippen molar-refractivity contribution in [3.63, 3.8) is 0 Å². The van der Waals surface area contributed by atoms with Crippen LogP contribution < -0.4 is 0 Å². The first-order chi connectivity index (χ1) is 19.2. The zero-order valence-electron chi connectivity index (χ0n) is 25.8. The van der Waals surface area contributed by atoms with Gasteiger partial charge in [0.05, 0.1) is 36.9 Å². The molecule has 2 aliphatic rings. The summed E-state index contributed by atoms with van der Waals surface area (Å²) in [6.07, 6.45) is -0.0195. The SMILES string of the molecule is CC[C@H]1OC(=O)C[C@@H](O)[C@H](C)[C@@H](O[C@@H]2O[C@H](C)[C@@H](O)[C@H](N(C)C)[C@H]2O)[C@@H](CC=O)C[C@@H](C)C(=O)C=CC(C)=C[C@@H]1C. The van der Waals surface area contributed by atoms with Crippen LogP contribution in [0.5, 0.6) is 0 Å². The Kier molecular flexibility index (Phi) is 13.8. The van der Waals surface area contributed by atoms with E-state index in [1.165, 1.54) is 6.08 Å². The topological polar surface area (TPSA) is 143 Å². The van der Waals surface area contributed by atoms with Crippen molar-refractivity contribution in [3.8, 4) is 0 Å². The minimum Gasteiger partial charge on any atom is -0.462 e. The summed E-state index contributed by atoms with van der Waals surface area (Å²) in [5.74, 6) is -2.48. The van der Waals surface area contributed by atoms with E-state index in [9.17, 15) is 29.7 Å². The summed E-state index contributed by atoms with van der Waals surface area (Å²) in [6, 6.07) is -0.690. The molecule has 2 rings (SSSR count). The number of carbonyl (C=O) groups is 3. The van der Waals surface area contributed by atoms with Gasteiger partial charge in [-0.2, -0.15) is 0 Å². The molecule has 0 spiro atoms. The molecule has 234 valence electrons. The molecule has 12 atom stereocenters. The summed E-state index contributed by atoms with van der Waals surface area (Å²) in [5, 5.41) is 33.0. The largest absolute Gasteiger partial charge is 0.462 e. The van der Waals surface area contributed by atoms with Gasteiger partial charge in [0.15, 0.2) is 12.1 Å². The van der Waals surface area contributed by atoms with Gasteiger partial charge in [-0.1, -0.05) is 45.4 Å². The molecule has 0 bridgehead atoms. The smallest absolute Gasteiger partial charge is 0.308 e. The number of allylic oxidation sites excluding steroid dienone is 3. The van der Waals surface area contributed by atoms with Gasteiger partial charge in [0.2, 0.25) is 0 Å². The van der Waals surface area contributed by atoms with E-state index in [2.05, 4.69) is 0 Å². The lowest BCUT2D eigenvalue weighted by Gasteiger charge is -2.46. The molecule has 2 heterocycles. The molecule has 3 N–H and O–H groups in total. The molecule has 0 unspecified atom stereocenters. The van der Waals surface area contributed by atoms with Gasteiger partial charge in [0.25, 0.3) is 0 Å². The lowest BCUT2D eigenvalue weighted by Crippen LogP contribution is -2.63. The molecule has 10 nitrogen and oxygen atoms in total. The maximum absolute atomic E-state index is 13.1. The van der Waals surface area contributed by atoms with Crippen molar-refractivity contribution in [2.45, 2.75) is 116 Å². The second kappa shape index (κ2) is 16.0. The average molecular weight is 582 g/mol. The van der Waals surface area contributed by atoms with Gasteiger partial charge in [-0.05, 0) is 52.8 Å². The number of aliphatic hydroxyl groups excluding tert-OH is 3. The summed E-state index contributed by atoms with van der Waals surface area (Å²) >= 11 is 0. The van der Waals surface area contributed by atoms with Crippen LogP contribution in [0.3, 0.4) is 0 Å². The van der Waals surface area contributed by atoms with Crippen LogP contribution in [0.4, 0.5) is 0 Å². The molecule has 1 fully saturated rings. The highest BCUT2D eigenvalue weighted by atomic mass is 16.7. The molecule has 41 heavy (non-hydrogen) atoms. The first kappa shape index (κ1) is 35.2. The molecule has 0 saturated carbocycles. The first-order valence-electron chi connectivity index (χ1n) is 14.8.